The van der Waals surface area contributed by atoms with Crippen LogP contribution < -0.4 is 0 Å². The van der Waals surface area contributed by atoms with Crippen LogP contribution in [0.2, 0.25) is 0 Å². The number of rotatable bonds is 3. The summed E-state index contributed by atoms with van der Waals surface area (Å²) >= 11 is 0. The summed E-state index contributed by atoms with van der Waals surface area (Å²) in [5.74, 6) is 0.391. The van der Waals surface area contributed by atoms with Gasteiger partial charge in [-0.1, -0.05) is 33.1 Å². The zero-order valence-corrected chi connectivity index (χ0v) is 10.7. The van der Waals surface area contributed by atoms with Gasteiger partial charge in [0, 0.05) is 5.92 Å². The van der Waals surface area contributed by atoms with Crippen LogP contribution >= 0.6 is 0 Å². The van der Waals surface area contributed by atoms with E-state index in [0.717, 1.165) is 32.1 Å². The fourth-order valence-electron chi connectivity index (χ4n) is 3.58. The van der Waals surface area contributed by atoms with Gasteiger partial charge < -0.3 is 9.84 Å². The van der Waals surface area contributed by atoms with E-state index >= 15 is 0 Å². The van der Waals surface area contributed by atoms with Crippen LogP contribution in [0.3, 0.4) is 0 Å². The Morgan fingerprint density at radius 2 is 1.81 bits per heavy atom. The highest BCUT2D eigenvalue weighted by Crippen LogP contribution is 2.44. The van der Waals surface area contributed by atoms with E-state index in [9.17, 15) is 5.11 Å². The van der Waals surface area contributed by atoms with Gasteiger partial charge in [-0.25, -0.2) is 0 Å². The summed E-state index contributed by atoms with van der Waals surface area (Å²) in [5.41, 5.74) is -0.414. The third-order valence-corrected chi connectivity index (χ3v) is 4.60. The highest BCUT2D eigenvalue weighted by molar-refractivity contribution is 4.97. The minimum atomic E-state index is -0.414. The lowest BCUT2D eigenvalue weighted by Gasteiger charge is -2.39. The van der Waals surface area contributed by atoms with Gasteiger partial charge in [-0.15, -0.1) is 0 Å². The second-order valence-corrected chi connectivity index (χ2v) is 5.62. The molecule has 0 spiro atoms. The van der Waals surface area contributed by atoms with Gasteiger partial charge in [-0.05, 0) is 32.1 Å². The Balaban J connectivity index is 2.06. The Labute approximate surface area is 99.4 Å². The SMILES string of the molecule is CCC1CC(C2(O)CCCCC2)C(CC)O1. The molecule has 1 aliphatic carbocycles. The molecule has 2 fully saturated rings. The van der Waals surface area contributed by atoms with E-state index in [-0.39, 0.29) is 0 Å². The standard InChI is InChI=1S/C14H26O2/c1-3-11-10-12(13(4-2)16-11)14(15)8-6-5-7-9-14/h11-13,15H,3-10H2,1-2H3. The highest BCUT2D eigenvalue weighted by Gasteiger charge is 2.46. The molecule has 0 aromatic heterocycles. The molecule has 1 heterocycles. The van der Waals surface area contributed by atoms with Crippen LogP contribution in [0.1, 0.15) is 65.2 Å². The predicted molar refractivity (Wildman–Crippen MR) is 65.4 cm³/mol. The van der Waals surface area contributed by atoms with Gasteiger partial charge in [-0.2, -0.15) is 0 Å². The summed E-state index contributed by atoms with van der Waals surface area (Å²) in [6.07, 6.45) is 9.57. The zero-order chi connectivity index (χ0) is 11.6. The molecule has 0 radical (unpaired) electrons. The van der Waals surface area contributed by atoms with Crippen LogP contribution in [-0.2, 0) is 4.74 Å². The molecule has 2 aliphatic rings. The third-order valence-electron chi connectivity index (χ3n) is 4.60. The van der Waals surface area contributed by atoms with Crippen molar-refractivity contribution in [3.05, 3.63) is 0 Å². The molecule has 0 aromatic rings. The van der Waals surface area contributed by atoms with E-state index < -0.39 is 5.60 Å². The molecular weight excluding hydrogens is 200 g/mol. The molecular formula is C14H26O2. The van der Waals surface area contributed by atoms with Crippen molar-refractivity contribution in [2.75, 3.05) is 0 Å². The fourth-order valence-corrected chi connectivity index (χ4v) is 3.58. The molecule has 94 valence electrons. The van der Waals surface area contributed by atoms with E-state index in [4.69, 9.17) is 4.74 Å². The minimum absolute atomic E-state index is 0.299. The molecule has 0 aromatic carbocycles. The average Bonchev–Trinajstić information content (AvgIpc) is 2.74. The predicted octanol–water partition coefficient (Wildman–Crippen LogP) is 3.28. The monoisotopic (exact) mass is 226 g/mol. The van der Waals surface area contributed by atoms with Crippen molar-refractivity contribution in [2.24, 2.45) is 5.92 Å². The van der Waals surface area contributed by atoms with Gasteiger partial charge in [0.15, 0.2) is 0 Å². The Bertz CT molecular complexity index is 221. The highest BCUT2D eigenvalue weighted by atomic mass is 16.5. The summed E-state index contributed by atoms with van der Waals surface area (Å²) in [5, 5.41) is 10.8. The molecule has 1 N–H and O–H groups in total. The number of hydrogen-bond donors (Lipinski definition) is 1. The van der Waals surface area contributed by atoms with Crippen molar-refractivity contribution in [3.63, 3.8) is 0 Å². The third kappa shape index (κ3) is 2.28. The molecule has 0 bridgehead atoms. The van der Waals surface area contributed by atoms with E-state index in [1.807, 2.05) is 0 Å². The normalized spacial score (nSPS) is 38.8. The molecule has 2 nitrogen and oxygen atoms in total. The van der Waals surface area contributed by atoms with Gasteiger partial charge in [-0.3, -0.25) is 0 Å². The summed E-state index contributed by atoms with van der Waals surface area (Å²) < 4.78 is 6.03. The molecule has 3 atom stereocenters. The van der Waals surface area contributed by atoms with Gasteiger partial charge >= 0.3 is 0 Å². The smallest absolute Gasteiger partial charge is 0.0701 e. The van der Waals surface area contributed by atoms with Crippen LogP contribution in [0.5, 0.6) is 0 Å². The van der Waals surface area contributed by atoms with Gasteiger partial charge in [0.05, 0.1) is 17.8 Å². The van der Waals surface area contributed by atoms with Crippen LogP contribution in [0, 0.1) is 5.92 Å². The van der Waals surface area contributed by atoms with E-state index in [2.05, 4.69) is 13.8 Å². The maximum atomic E-state index is 10.8. The lowest BCUT2D eigenvalue weighted by atomic mass is 9.72. The Morgan fingerprint density at radius 1 is 1.12 bits per heavy atom. The first-order chi connectivity index (χ1) is 7.69. The largest absolute Gasteiger partial charge is 0.390 e. The molecule has 2 rings (SSSR count). The Kier molecular flexibility index (Phi) is 3.91. The minimum Gasteiger partial charge on any atom is -0.390 e. The summed E-state index contributed by atoms with van der Waals surface area (Å²) in [6.45, 7) is 4.37. The number of hydrogen-bond acceptors (Lipinski definition) is 2. The van der Waals surface area contributed by atoms with Gasteiger partial charge in [0.25, 0.3) is 0 Å². The van der Waals surface area contributed by atoms with Crippen LogP contribution in [0.25, 0.3) is 0 Å². The van der Waals surface area contributed by atoms with Crippen molar-refractivity contribution in [3.8, 4) is 0 Å². The van der Waals surface area contributed by atoms with Crippen molar-refractivity contribution < 1.29 is 9.84 Å². The lowest BCUT2D eigenvalue weighted by Crippen LogP contribution is -2.43. The van der Waals surface area contributed by atoms with Gasteiger partial charge in [0.2, 0.25) is 0 Å². The maximum absolute atomic E-state index is 10.8. The van der Waals surface area contributed by atoms with Crippen molar-refractivity contribution >= 4 is 0 Å². The van der Waals surface area contributed by atoms with Crippen molar-refractivity contribution in [1.82, 2.24) is 0 Å². The summed E-state index contributed by atoms with van der Waals surface area (Å²) in [7, 11) is 0. The first kappa shape index (κ1) is 12.4. The summed E-state index contributed by atoms with van der Waals surface area (Å²) in [4.78, 5) is 0. The molecule has 0 amide bonds. The number of ether oxygens (including phenoxy) is 1. The van der Waals surface area contributed by atoms with Crippen molar-refractivity contribution in [2.45, 2.75) is 83.0 Å². The second kappa shape index (κ2) is 5.05. The van der Waals surface area contributed by atoms with Crippen LogP contribution in [0.15, 0.2) is 0 Å². The molecule has 1 aliphatic heterocycles. The second-order valence-electron chi connectivity index (χ2n) is 5.62. The van der Waals surface area contributed by atoms with Crippen molar-refractivity contribution in [1.29, 1.82) is 0 Å². The van der Waals surface area contributed by atoms with Crippen LogP contribution in [-0.4, -0.2) is 22.9 Å². The van der Waals surface area contributed by atoms with E-state index in [1.165, 1.54) is 19.3 Å². The molecule has 3 unspecified atom stereocenters. The molecule has 1 saturated carbocycles. The lowest BCUT2D eigenvalue weighted by molar-refractivity contribution is -0.0772. The van der Waals surface area contributed by atoms with E-state index in [1.54, 1.807) is 0 Å². The van der Waals surface area contributed by atoms with Crippen LogP contribution in [0.4, 0.5) is 0 Å². The molecule has 1 saturated heterocycles. The maximum Gasteiger partial charge on any atom is 0.0701 e. The summed E-state index contributed by atoms with van der Waals surface area (Å²) in [6, 6.07) is 0. The first-order valence-corrected chi connectivity index (χ1v) is 7.07. The zero-order valence-electron chi connectivity index (χ0n) is 10.7. The topological polar surface area (TPSA) is 29.5 Å². The quantitative estimate of drug-likeness (QED) is 0.800. The Morgan fingerprint density at radius 3 is 2.38 bits per heavy atom. The average molecular weight is 226 g/mol. The first-order valence-electron chi connectivity index (χ1n) is 7.07. The van der Waals surface area contributed by atoms with E-state index in [0.29, 0.717) is 18.1 Å². The molecule has 2 heteroatoms. The fraction of sp³-hybridized carbons (Fsp3) is 1.00. The molecule has 16 heavy (non-hydrogen) atoms. The Hall–Kier alpha value is -0.0800. The van der Waals surface area contributed by atoms with Gasteiger partial charge in [0.1, 0.15) is 0 Å². The number of aliphatic hydroxyl groups is 1.